The van der Waals surface area contributed by atoms with Gasteiger partial charge in [-0.1, -0.05) is 24.3 Å². The molecule has 6 heteroatoms. The van der Waals surface area contributed by atoms with Crippen molar-refractivity contribution in [1.82, 2.24) is 4.90 Å². The number of ether oxygens (including phenoxy) is 2. The van der Waals surface area contributed by atoms with Gasteiger partial charge in [0.15, 0.2) is 11.5 Å². The fraction of sp³-hybridized carbons (Fsp3) is 0.278. The van der Waals surface area contributed by atoms with Gasteiger partial charge >= 0.3 is 5.97 Å². The summed E-state index contributed by atoms with van der Waals surface area (Å²) in [5.41, 5.74) is 1.01. The molecule has 2 aromatic carbocycles. The van der Waals surface area contributed by atoms with E-state index in [0.717, 1.165) is 5.56 Å². The van der Waals surface area contributed by atoms with Crippen LogP contribution in [0, 0.1) is 5.82 Å². The molecule has 0 amide bonds. The normalized spacial score (nSPS) is 14.5. The average molecular weight is 331 g/mol. The minimum absolute atomic E-state index is 0.144. The van der Waals surface area contributed by atoms with E-state index in [4.69, 9.17) is 9.47 Å². The Labute approximate surface area is 139 Å². The third-order valence-corrected chi connectivity index (χ3v) is 3.91. The summed E-state index contributed by atoms with van der Waals surface area (Å²) in [6.45, 7) is 1.34. The van der Waals surface area contributed by atoms with Crippen LogP contribution in [0.25, 0.3) is 0 Å². The van der Waals surface area contributed by atoms with Gasteiger partial charge in [0.1, 0.15) is 25.1 Å². The quantitative estimate of drug-likeness (QED) is 0.913. The van der Waals surface area contributed by atoms with Gasteiger partial charge in [0, 0.05) is 12.1 Å². The highest BCUT2D eigenvalue weighted by Gasteiger charge is 2.27. The van der Waals surface area contributed by atoms with Crippen molar-refractivity contribution in [1.29, 1.82) is 0 Å². The van der Waals surface area contributed by atoms with E-state index < -0.39 is 17.8 Å². The zero-order valence-electron chi connectivity index (χ0n) is 13.2. The number of halogens is 1. The number of nitrogens with zero attached hydrogens (tertiary/aromatic N) is 1. The molecule has 0 aromatic heterocycles. The third kappa shape index (κ3) is 3.33. The predicted octanol–water partition coefficient (Wildman–Crippen LogP) is 2.85. The number of likely N-dealkylation sites (N-methyl/N-ethyl adjacent to an activating group) is 1. The van der Waals surface area contributed by atoms with Crippen molar-refractivity contribution >= 4 is 5.97 Å². The average Bonchev–Trinajstić information content (AvgIpc) is 2.56. The first kappa shape index (κ1) is 16.3. The van der Waals surface area contributed by atoms with Crippen molar-refractivity contribution in [2.45, 2.75) is 12.6 Å². The van der Waals surface area contributed by atoms with Gasteiger partial charge in [-0.05, 0) is 30.8 Å². The number of carboxylic acid groups (broad SMARTS) is 1. The standard InChI is InChI=1S/C18H18FNO4/c1-20(17(18(21)22)13-4-2-3-5-14(13)19)11-12-6-7-15-16(10-12)24-9-8-23-15/h2-7,10,17H,8-9,11H2,1H3,(H,21,22). The largest absolute Gasteiger partial charge is 0.486 e. The van der Waals surface area contributed by atoms with Crippen molar-refractivity contribution in [3.63, 3.8) is 0 Å². The topological polar surface area (TPSA) is 59.0 Å². The molecule has 1 aliphatic heterocycles. The predicted molar refractivity (Wildman–Crippen MR) is 85.7 cm³/mol. The highest BCUT2D eigenvalue weighted by Crippen LogP contribution is 2.32. The second-order valence-electron chi connectivity index (χ2n) is 5.66. The summed E-state index contributed by atoms with van der Waals surface area (Å²) in [6.07, 6.45) is 0. The zero-order valence-corrected chi connectivity index (χ0v) is 13.2. The number of carboxylic acids is 1. The van der Waals surface area contributed by atoms with Crippen molar-refractivity contribution < 1.29 is 23.8 Å². The van der Waals surface area contributed by atoms with Gasteiger partial charge in [-0.3, -0.25) is 9.69 Å². The number of fused-ring (bicyclic) bond motifs is 1. The van der Waals surface area contributed by atoms with Crippen LogP contribution < -0.4 is 9.47 Å². The molecule has 0 bridgehead atoms. The van der Waals surface area contributed by atoms with Gasteiger partial charge in [0.2, 0.25) is 0 Å². The van der Waals surface area contributed by atoms with Crippen LogP contribution in [0.5, 0.6) is 11.5 Å². The van der Waals surface area contributed by atoms with E-state index in [-0.39, 0.29) is 5.56 Å². The smallest absolute Gasteiger partial charge is 0.325 e. The summed E-state index contributed by atoms with van der Waals surface area (Å²) in [5, 5.41) is 9.54. The Morgan fingerprint density at radius 1 is 1.21 bits per heavy atom. The van der Waals surface area contributed by atoms with E-state index in [1.807, 2.05) is 12.1 Å². The third-order valence-electron chi connectivity index (χ3n) is 3.91. The van der Waals surface area contributed by atoms with Crippen LogP contribution in [0.2, 0.25) is 0 Å². The van der Waals surface area contributed by atoms with Gasteiger partial charge in [0.25, 0.3) is 0 Å². The Morgan fingerprint density at radius 3 is 2.62 bits per heavy atom. The van der Waals surface area contributed by atoms with Crippen molar-refractivity contribution in [2.24, 2.45) is 0 Å². The number of rotatable bonds is 5. The van der Waals surface area contributed by atoms with Crippen molar-refractivity contribution in [3.05, 3.63) is 59.4 Å². The number of carbonyl (C=O) groups is 1. The van der Waals surface area contributed by atoms with Crippen LogP contribution in [0.3, 0.4) is 0 Å². The lowest BCUT2D eigenvalue weighted by Crippen LogP contribution is -2.31. The SMILES string of the molecule is CN(Cc1ccc2c(c1)OCCO2)C(C(=O)O)c1ccccc1F. The molecule has 5 nitrogen and oxygen atoms in total. The molecule has 0 aliphatic carbocycles. The van der Waals surface area contributed by atoms with Crippen LogP contribution in [-0.2, 0) is 11.3 Å². The summed E-state index contributed by atoms with van der Waals surface area (Å²) in [7, 11) is 1.65. The van der Waals surface area contributed by atoms with Crippen LogP contribution in [0.4, 0.5) is 4.39 Å². The van der Waals surface area contributed by atoms with Crippen LogP contribution >= 0.6 is 0 Å². The summed E-state index contributed by atoms with van der Waals surface area (Å²) in [5.74, 6) is -0.305. The van der Waals surface area contributed by atoms with E-state index in [2.05, 4.69) is 0 Å². The maximum absolute atomic E-state index is 14.0. The lowest BCUT2D eigenvalue weighted by Gasteiger charge is -2.26. The molecule has 1 heterocycles. The molecule has 1 aliphatic rings. The molecule has 0 saturated carbocycles. The summed E-state index contributed by atoms with van der Waals surface area (Å²) < 4.78 is 25.0. The molecular formula is C18H18FNO4. The first-order valence-electron chi connectivity index (χ1n) is 7.62. The molecule has 2 aromatic rings. The Morgan fingerprint density at radius 2 is 1.92 bits per heavy atom. The highest BCUT2D eigenvalue weighted by atomic mass is 19.1. The highest BCUT2D eigenvalue weighted by molar-refractivity contribution is 5.75. The van der Waals surface area contributed by atoms with Crippen LogP contribution in [0.15, 0.2) is 42.5 Å². The van der Waals surface area contributed by atoms with Crippen LogP contribution in [0.1, 0.15) is 17.2 Å². The molecule has 1 atom stereocenters. The van der Waals surface area contributed by atoms with E-state index in [1.54, 1.807) is 30.1 Å². The maximum Gasteiger partial charge on any atom is 0.325 e. The minimum Gasteiger partial charge on any atom is -0.486 e. The zero-order chi connectivity index (χ0) is 17.1. The second-order valence-corrected chi connectivity index (χ2v) is 5.66. The molecular weight excluding hydrogens is 313 g/mol. The molecule has 0 radical (unpaired) electrons. The monoisotopic (exact) mass is 331 g/mol. The number of hydrogen-bond acceptors (Lipinski definition) is 4. The van der Waals surface area contributed by atoms with Crippen molar-refractivity contribution in [2.75, 3.05) is 20.3 Å². The molecule has 1 N–H and O–H groups in total. The molecule has 24 heavy (non-hydrogen) atoms. The number of benzene rings is 2. The Balaban J connectivity index is 1.83. The van der Waals surface area contributed by atoms with Gasteiger partial charge in [0.05, 0.1) is 0 Å². The van der Waals surface area contributed by atoms with Gasteiger partial charge in [-0.25, -0.2) is 4.39 Å². The first-order chi connectivity index (χ1) is 11.6. The van der Waals surface area contributed by atoms with Crippen LogP contribution in [-0.4, -0.2) is 36.2 Å². The van der Waals surface area contributed by atoms with Crippen molar-refractivity contribution in [3.8, 4) is 11.5 Å². The van der Waals surface area contributed by atoms with E-state index in [0.29, 0.717) is 31.3 Å². The minimum atomic E-state index is -1.10. The fourth-order valence-electron chi connectivity index (χ4n) is 2.82. The Kier molecular flexibility index (Phi) is 4.66. The van der Waals surface area contributed by atoms with Gasteiger partial charge in [-0.2, -0.15) is 0 Å². The first-order valence-corrected chi connectivity index (χ1v) is 7.62. The molecule has 0 fully saturated rings. The van der Waals surface area contributed by atoms with E-state index >= 15 is 0 Å². The summed E-state index contributed by atoms with van der Waals surface area (Å²) in [4.78, 5) is 13.3. The maximum atomic E-state index is 14.0. The Hall–Kier alpha value is -2.60. The lowest BCUT2D eigenvalue weighted by molar-refractivity contribution is -0.143. The fourth-order valence-corrected chi connectivity index (χ4v) is 2.82. The number of aliphatic carboxylic acids is 1. The molecule has 126 valence electrons. The second kappa shape index (κ2) is 6.88. The van der Waals surface area contributed by atoms with Gasteiger partial charge < -0.3 is 14.6 Å². The lowest BCUT2D eigenvalue weighted by atomic mass is 10.0. The summed E-state index contributed by atoms with van der Waals surface area (Å²) in [6, 6.07) is 10.3. The van der Waals surface area contributed by atoms with E-state index in [9.17, 15) is 14.3 Å². The molecule has 3 rings (SSSR count). The molecule has 0 spiro atoms. The van der Waals surface area contributed by atoms with Gasteiger partial charge in [-0.15, -0.1) is 0 Å². The Bertz CT molecular complexity index is 750. The van der Waals surface area contributed by atoms with E-state index in [1.165, 1.54) is 12.1 Å². The molecule has 1 unspecified atom stereocenters. The molecule has 0 saturated heterocycles. The number of hydrogen-bond donors (Lipinski definition) is 1. The summed E-state index contributed by atoms with van der Waals surface area (Å²) >= 11 is 0.